The second-order valence-corrected chi connectivity index (χ2v) is 12.4. The fourth-order valence-corrected chi connectivity index (χ4v) is 4.55. The highest BCUT2D eigenvalue weighted by molar-refractivity contribution is 6.79. The van der Waals surface area contributed by atoms with E-state index in [1.807, 2.05) is 0 Å². The predicted molar refractivity (Wildman–Crippen MR) is 67.0 cm³/mol. The summed E-state index contributed by atoms with van der Waals surface area (Å²) in [5.74, 6) is 0. The van der Waals surface area contributed by atoms with Gasteiger partial charge in [0.1, 0.15) is 0 Å². The van der Waals surface area contributed by atoms with E-state index in [1.165, 1.54) is 0 Å². The van der Waals surface area contributed by atoms with Gasteiger partial charge in [0.25, 0.3) is 0 Å². The fraction of sp³-hybridized carbons (Fsp3) is 1.00. The minimum atomic E-state index is -1.16. The molecule has 0 aliphatic carbocycles. The maximum absolute atomic E-state index is 5.99. The van der Waals surface area contributed by atoms with Crippen molar-refractivity contribution in [3.63, 3.8) is 0 Å². The summed E-state index contributed by atoms with van der Waals surface area (Å²) in [4.78, 5) is 0. The van der Waals surface area contributed by atoms with Gasteiger partial charge in [-0.2, -0.15) is 0 Å². The molecule has 0 aromatic rings. The molecule has 0 radical (unpaired) electrons. The summed E-state index contributed by atoms with van der Waals surface area (Å²) in [7, 11) is -1.47. The van der Waals surface area contributed by atoms with E-state index in [4.69, 9.17) is 4.43 Å². The molecule has 1 nitrogen and oxygen atoms in total. The zero-order valence-corrected chi connectivity index (χ0v) is 13.0. The molecule has 0 aromatic heterocycles. The van der Waals surface area contributed by atoms with Crippen LogP contribution >= 0.6 is 0 Å². The molecule has 0 unspecified atom stereocenters. The standard InChI is InChI=1S/C10H26OSi2/c1-9(2,11-12-5)10(3,4)13(6,7)8/h12H2,1-8H3. The van der Waals surface area contributed by atoms with Crippen molar-refractivity contribution in [3.05, 3.63) is 0 Å². The van der Waals surface area contributed by atoms with Gasteiger partial charge in [-0.3, -0.25) is 0 Å². The molecule has 0 amide bonds. The normalized spacial score (nSPS) is 15.7. The van der Waals surface area contributed by atoms with Gasteiger partial charge in [0.05, 0.1) is 13.7 Å². The lowest BCUT2D eigenvalue weighted by molar-refractivity contribution is 0.0702. The SMILES string of the molecule is C[SiH2]OC(C)(C)C(C)(C)[Si](C)(C)C. The maximum Gasteiger partial charge on any atom is 0.159 e. The molecule has 0 saturated carbocycles. The number of rotatable bonds is 4. The summed E-state index contributed by atoms with van der Waals surface area (Å²) < 4.78 is 5.99. The van der Waals surface area contributed by atoms with Crippen molar-refractivity contribution in [3.8, 4) is 0 Å². The lowest BCUT2D eigenvalue weighted by Crippen LogP contribution is -2.50. The Kier molecular flexibility index (Phi) is 3.99. The van der Waals surface area contributed by atoms with Crippen LogP contribution in [0.3, 0.4) is 0 Å². The molecule has 0 aromatic carbocycles. The molecule has 0 bridgehead atoms. The van der Waals surface area contributed by atoms with Gasteiger partial charge in [0.2, 0.25) is 0 Å². The van der Waals surface area contributed by atoms with Crippen LogP contribution in [0.25, 0.3) is 0 Å². The van der Waals surface area contributed by atoms with Crippen molar-refractivity contribution in [2.24, 2.45) is 0 Å². The summed E-state index contributed by atoms with van der Waals surface area (Å²) in [5, 5.41) is 0.336. The van der Waals surface area contributed by atoms with Crippen molar-refractivity contribution in [1.82, 2.24) is 0 Å². The first-order valence-electron chi connectivity index (χ1n) is 5.20. The predicted octanol–water partition coefficient (Wildman–Crippen LogP) is 3.03. The minimum Gasteiger partial charge on any atom is -0.419 e. The molecule has 0 aliphatic heterocycles. The van der Waals surface area contributed by atoms with Crippen LogP contribution in [0, 0.1) is 0 Å². The highest BCUT2D eigenvalue weighted by Crippen LogP contribution is 2.48. The van der Waals surface area contributed by atoms with Crippen LogP contribution in [0.5, 0.6) is 0 Å². The largest absolute Gasteiger partial charge is 0.419 e. The second-order valence-electron chi connectivity index (χ2n) is 5.82. The van der Waals surface area contributed by atoms with Crippen LogP contribution in [0.2, 0.25) is 31.2 Å². The summed E-state index contributed by atoms with van der Waals surface area (Å²) in [6, 6.07) is 0. The Hall–Kier alpha value is 0.394. The first-order chi connectivity index (χ1) is 5.56. The van der Waals surface area contributed by atoms with E-state index in [2.05, 4.69) is 53.9 Å². The smallest absolute Gasteiger partial charge is 0.159 e. The van der Waals surface area contributed by atoms with Gasteiger partial charge in [-0.25, -0.2) is 0 Å². The summed E-state index contributed by atoms with van der Waals surface area (Å²) in [5.41, 5.74) is 0.0540. The number of hydrogen-bond donors (Lipinski definition) is 0. The van der Waals surface area contributed by atoms with E-state index in [9.17, 15) is 0 Å². The molecular weight excluding hydrogens is 192 g/mol. The lowest BCUT2D eigenvalue weighted by atomic mass is 9.93. The molecule has 0 aliphatic rings. The summed E-state index contributed by atoms with van der Waals surface area (Å²) in [6.07, 6.45) is 0. The van der Waals surface area contributed by atoms with E-state index in [1.54, 1.807) is 0 Å². The fourth-order valence-electron chi connectivity index (χ4n) is 1.44. The van der Waals surface area contributed by atoms with Crippen molar-refractivity contribution in [2.75, 3.05) is 0 Å². The first-order valence-corrected chi connectivity index (χ1v) is 10.7. The second kappa shape index (κ2) is 3.87. The molecule has 80 valence electrons. The van der Waals surface area contributed by atoms with Gasteiger partial charge in [0.15, 0.2) is 9.76 Å². The van der Waals surface area contributed by atoms with Gasteiger partial charge in [-0.15, -0.1) is 0 Å². The van der Waals surface area contributed by atoms with Crippen molar-refractivity contribution in [2.45, 2.75) is 64.5 Å². The zero-order chi connectivity index (χ0) is 10.9. The average Bonchev–Trinajstić information content (AvgIpc) is 1.84. The van der Waals surface area contributed by atoms with Crippen LogP contribution in [0.4, 0.5) is 0 Å². The van der Waals surface area contributed by atoms with Gasteiger partial charge in [0, 0.05) is 0 Å². The van der Waals surface area contributed by atoms with Gasteiger partial charge < -0.3 is 4.43 Å². The topological polar surface area (TPSA) is 9.23 Å². The van der Waals surface area contributed by atoms with E-state index in [-0.39, 0.29) is 15.4 Å². The van der Waals surface area contributed by atoms with E-state index >= 15 is 0 Å². The molecule has 0 saturated heterocycles. The van der Waals surface area contributed by atoms with Crippen molar-refractivity contribution in [1.29, 1.82) is 0 Å². The summed E-state index contributed by atoms with van der Waals surface area (Å²) in [6.45, 7) is 18.7. The van der Waals surface area contributed by atoms with Crippen LogP contribution in [-0.2, 0) is 4.43 Å². The van der Waals surface area contributed by atoms with Gasteiger partial charge in [-0.05, 0) is 18.9 Å². The molecule has 0 atom stereocenters. The quantitative estimate of drug-likeness (QED) is 0.659. The van der Waals surface area contributed by atoms with E-state index in [0.29, 0.717) is 5.04 Å². The molecule has 0 heterocycles. The summed E-state index contributed by atoms with van der Waals surface area (Å²) >= 11 is 0. The first kappa shape index (κ1) is 13.4. The van der Waals surface area contributed by atoms with E-state index in [0.717, 1.165) is 0 Å². The molecule has 3 heteroatoms. The molecule has 13 heavy (non-hydrogen) atoms. The van der Waals surface area contributed by atoms with Crippen LogP contribution < -0.4 is 0 Å². The van der Waals surface area contributed by atoms with Crippen molar-refractivity contribution < 1.29 is 4.43 Å². The molecular formula is C10H26OSi2. The maximum atomic E-state index is 5.99. The Bertz CT molecular complexity index is 168. The minimum absolute atomic E-state index is 0.0540. The Morgan fingerprint density at radius 1 is 1.00 bits per heavy atom. The molecule has 0 fully saturated rings. The van der Waals surface area contributed by atoms with Gasteiger partial charge >= 0.3 is 0 Å². The Morgan fingerprint density at radius 3 is 1.62 bits per heavy atom. The molecule has 0 rings (SSSR count). The molecule has 0 spiro atoms. The highest BCUT2D eigenvalue weighted by atomic mass is 28.3. The van der Waals surface area contributed by atoms with Crippen LogP contribution in [0.15, 0.2) is 0 Å². The van der Waals surface area contributed by atoms with Gasteiger partial charge in [-0.1, -0.05) is 40.0 Å². The highest BCUT2D eigenvalue weighted by Gasteiger charge is 2.46. The zero-order valence-electron chi connectivity index (χ0n) is 10.6. The van der Waals surface area contributed by atoms with Crippen LogP contribution in [-0.4, -0.2) is 23.4 Å². The van der Waals surface area contributed by atoms with Crippen molar-refractivity contribution >= 4 is 17.8 Å². The third kappa shape index (κ3) is 2.67. The third-order valence-corrected chi connectivity index (χ3v) is 9.25. The third-order valence-electron chi connectivity index (χ3n) is 3.89. The molecule has 0 N–H and O–H groups in total. The van der Waals surface area contributed by atoms with E-state index < -0.39 is 8.07 Å². The Morgan fingerprint density at radius 2 is 1.38 bits per heavy atom. The number of hydrogen-bond acceptors (Lipinski definition) is 1. The monoisotopic (exact) mass is 218 g/mol. The Balaban J connectivity index is 4.81. The lowest BCUT2D eigenvalue weighted by Gasteiger charge is -2.49. The Labute approximate surface area is 87.2 Å². The average molecular weight is 218 g/mol. The van der Waals surface area contributed by atoms with Crippen LogP contribution in [0.1, 0.15) is 27.7 Å².